The Morgan fingerprint density at radius 1 is 1.11 bits per heavy atom. The van der Waals surface area contributed by atoms with Gasteiger partial charge in [-0.3, -0.25) is 9.59 Å². The van der Waals surface area contributed by atoms with Crippen LogP contribution in [0.2, 0.25) is 0 Å². The first-order valence-electron chi connectivity index (χ1n) is 6.70. The standard InChI is InChI=1S/C13H22N2O2S/c1-11(16)14-5-2-6-15(8-7-14)12(17)9-13(10-18)3-4-13/h18H,2-10H2,1H3. The first kappa shape index (κ1) is 13.7. The molecule has 1 saturated carbocycles. The van der Waals surface area contributed by atoms with E-state index in [2.05, 4.69) is 12.6 Å². The number of nitrogens with zero attached hydrogens (tertiary/aromatic N) is 2. The maximum Gasteiger partial charge on any atom is 0.223 e. The predicted octanol–water partition coefficient (Wildman–Crippen LogP) is 1.17. The Morgan fingerprint density at radius 2 is 1.72 bits per heavy atom. The Kier molecular flexibility index (Phi) is 4.20. The van der Waals surface area contributed by atoms with Crippen LogP contribution in [0, 0.1) is 5.41 Å². The number of carbonyl (C=O) groups excluding carboxylic acids is 2. The Labute approximate surface area is 114 Å². The van der Waals surface area contributed by atoms with Crippen LogP contribution in [-0.2, 0) is 9.59 Å². The molecule has 1 heterocycles. The monoisotopic (exact) mass is 270 g/mol. The Balaban J connectivity index is 1.86. The van der Waals surface area contributed by atoms with Crippen molar-refractivity contribution < 1.29 is 9.59 Å². The lowest BCUT2D eigenvalue weighted by Crippen LogP contribution is -2.37. The van der Waals surface area contributed by atoms with Gasteiger partial charge in [0.1, 0.15) is 0 Å². The van der Waals surface area contributed by atoms with Crippen molar-refractivity contribution >= 4 is 24.4 Å². The molecule has 18 heavy (non-hydrogen) atoms. The third kappa shape index (κ3) is 3.19. The second-order valence-electron chi connectivity index (χ2n) is 5.58. The molecule has 0 aromatic rings. The zero-order valence-corrected chi connectivity index (χ0v) is 11.9. The van der Waals surface area contributed by atoms with E-state index in [0.717, 1.165) is 38.1 Å². The van der Waals surface area contributed by atoms with Gasteiger partial charge in [-0.2, -0.15) is 12.6 Å². The molecule has 1 aliphatic carbocycles. The lowest BCUT2D eigenvalue weighted by molar-refractivity contribution is -0.133. The fourth-order valence-electron chi connectivity index (χ4n) is 2.48. The van der Waals surface area contributed by atoms with Gasteiger partial charge in [-0.25, -0.2) is 0 Å². The minimum atomic E-state index is 0.110. The molecule has 0 bridgehead atoms. The summed E-state index contributed by atoms with van der Waals surface area (Å²) in [6.45, 7) is 4.51. The van der Waals surface area contributed by atoms with Gasteiger partial charge in [0, 0.05) is 39.5 Å². The van der Waals surface area contributed by atoms with E-state index in [9.17, 15) is 9.59 Å². The molecular formula is C13H22N2O2S. The van der Waals surface area contributed by atoms with Gasteiger partial charge < -0.3 is 9.80 Å². The van der Waals surface area contributed by atoms with Crippen molar-refractivity contribution in [1.82, 2.24) is 9.80 Å². The molecule has 0 atom stereocenters. The van der Waals surface area contributed by atoms with Gasteiger partial charge in [0.15, 0.2) is 0 Å². The van der Waals surface area contributed by atoms with Crippen molar-refractivity contribution in [2.45, 2.75) is 32.6 Å². The minimum Gasteiger partial charge on any atom is -0.341 e. The maximum absolute atomic E-state index is 12.2. The van der Waals surface area contributed by atoms with E-state index in [4.69, 9.17) is 0 Å². The average Bonchev–Trinajstić information content (AvgIpc) is 3.11. The van der Waals surface area contributed by atoms with Gasteiger partial charge >= 0.3 is 0 Å². The summed E-state index contributed by atoms with van der Waals surface area (Å²) in [6, 6.07) is 0. The van der Waals surface area contributed by atoms with Crippen molar-refractivity contribution in [3.05, 3.63) is 0 Å². The van der Waals surface area contributed by atoms with Gasteiger partial charge in [0.25, 0.3) is 0 Å². The normalized spacial score (nSPS) is 22.6. The molecule has 2 aliphatic rings. The molecular weight excluding hydrogens is 248 g/mol. The fraction of sp³-hybridized carbons (Fsp3) is 0.846. The summed E-state index contributed by atoms with van der Waals surface area (Å²) in [6.07, 6.45) is 3.79. The van der Waals surface area contributed by atoms with Crippen molar-refractivity contribution in [3.63, 3.8) is 0 Å². The lowest BCUT2D eigenvalue weighted by atomic mass is 10.0. The van der Waals surface area contributed by atoms with Crippen LogP contribution in [0.4, 0.5) is 0 Å². The van der Waals surface area contributed by atoms with E-state index in [1.54, 1.807) is 6.92 Å². The molecule has 0 spiro atoms. The number of amides is 2. The number of hydrogen-bond donors (Lipinski definition) is 1. The number of rotatable bonds is 3. The molecule has 2 amide bonds. The van der Waals surface area contributed by atoms with E-state index < -0.39 is 0 Å². The highest BCUT2D eigenvalue weighted by Crippen LogP contribution is 2.49. The predicted molar refractivity (Wildman–Crippen MR) is 73.6 cm³/mol. The second-order valence-corrected chi connectivity index (χ2v) is 5.89. The number of thiol groups is 1. The third-order valence-electron chi connectivity index (χ3n) is 4.11. The molecule has 4 nitrogen and oxygen atoms in total. The summed E-state index contributed by atoms with van der Waals surface area (Å²) in [5.74, 6) is 1.16. The molecule has 2 fully saturated rings. The van der Waals surface area contributed by atoms with Crippen molar-refractivity contribution in [3.8, 4) is 0 Å². The minimum absolute atomic E-state index is 0.110. The molecule has 5 heteroatoms. The van der Waals surface area contributed by atoms with Crippen molar-refractivity contribution in [2.75, 3.05) is 31.9 Å². The first-order valence-corrected chi connectivity index (χ1v) is 7.34. The van der Waals surface area contributed by atoms with Crippen molar-refractivity contribution in [2.24, 2.45) is 5.41 Å². The van der Waals surface area contributed by atoms with Crippen LogP contribution in [0.25, 0.3) is 0 Å². The van der Waals surface area contributed by atoms with Crippen LogP contribution < -0.4 is 0 Å². The van der Waals surface area contributed by atoms with Crippen LogP contribution in [-0.4, -0.2) is 53.5 Å². The molecule has 0 aromatic heterocycles. The highest BCUT2D eigenvalue weighted by molar-refractivity contribution is 7.80. The molecule has 102 valence electrons. The lowest BCUT2D eigenvalue weighted by Gasteiger charge is -2.23. The smallest absolute Gasteiger partial charge is 0.223 e. The van der Waals surface area contributed by atoms with Gasteiger partial charge in [-0.15, -0.1) is 0 Å². The largest absolute Gasteiger partial charge is 0.341 e. The van der Waals surface area contributed by atoms with E-state index in [-0.39, 0.29) is 17.2 Å². The number of hydrogen-bond acceptors (Lipinski definition) is 3. The Hall–Kier alpha value is -0.710. The van der Waals surface area contributed by atoms with E-state index >= 15 is 0 Å². The quantitative estimate of drug-likeness (QED) is 0.782. The second kappa shape index (κ2) is 5.51. The average molecular weight is 270 g/mol. The topological polar surface area (TPSA) is 40.6 Å². The molecule has 1 aliphatic heterocycles. The molecule has 2 rings (SSSR count). The zero-order chi connectivity index (χ0) is 13.2. The van der Waals surface area contributed by atoms with E-state index in [1.165, 1.54) is 0 Å². The van der Waals surface area contributed by atoms with Crippen LogP contribution in [0.3, 0.4) is 0 Å². The molecule has 0 radical (unpaired) electrons. The third-order valence-corrected chi connectivity index (χ3v) is 4.78. The summed E-state index contributed by atoms with van der Waals surface area (Å²) in [5, 5.41) is 0. The molecule has 0 N–H and O–H groups in total. The van der Waals surface area contributed by atoms with Gasteiger partial charge in [-0.05, 0) is 30.4 Å². The van der Waals surface area contributed by atoms with Crippen LogP contribution in [0.15, 0.2) is 0 Å². The fourth-order valence-corrected chi connectivity index (χ4v) is 2.91. The SMILES string of the molecule is CC(=O)N1CCCN(C(=O)CC2(CS)CC2)CC1. The molecule has 0 unspecified atom stereocenters. The van der Waals surface area contributed by atoms with E-state index in [0.29, 0.717) is 19.5 Å². The van der Waals surface area contributed by atoms with Crippen LogP contribution in [0.1, 0.15) is 32.6 Å². The zero-order valence-electron chi connectivity index (χ0n) is 11.0. The highest BCUT2D eigenvalue weighted by Gasteiger charge is 2.43. The summed E-state index contributed by atoms with van der Waals surface area (Å²) in [5.41, 5.74) is 0.187. The Morgan fingerprint density at radius 3 is 2.28 bits per heavy atom. The maximum atomic E-state index is 12.2. The summed E-state index contributed by atoms with van der Waals surface area (Å²) < 4.78 is 0. The van der Waals surface area contributed by atoms with Crippen LogP contribution in [0.5, 0.6) is 0 Å². The highest BCUT2D eigenvalue weighted by atomic mass is 32.1. The molecule has 0 aromatic carbocycles. The van der Waals surface area contributed by atoms with Crippen molar-refractivity contribution in [1.29, 1.82) is 0 Å². The van der Waals surface area contributed by atoms with Gasteiger partial charge in [0.2, 0.25) is 11.8 Å². The Bertz CT molecular complexity index is 342. The summed E-state index contributed by atoms with van der Waals surface area (Å²) in [7, 11) is 0. The summed E-state index contributed by atoms with van der Waals surface area (Å²) >= 11 is 4.34. The molecule has 1 saturated heterocycles. The van der Waals surface area contributed by atoms with Gasteiger partial charge in [-0.1, -0.05) is 0 Å². The van der Waals surface area contributed by atoms with Gasteiger partial charge in [0.05, 0.1) is 0 Å². The summed E-state index contributed by atoms with van der Waals surface area (Å²) in [4.78, 5) is 27.3. The van der Waals surface area contributed by atoms with E-state index in [1.807, 2.05) is 9.80 Å². The van der Waals surface area contributed by atoms with Crippen LogP contribution >= 0.6 is 12.6 Å². The number of carbonyl (C=O) groups is 2. The first-order chi connectivity index (χ1) is 8.56.